The molecule has 2 rings (SSSR count). The van der Waals surface area contributed by atoms with Crippen molar-refractivity contribution in [1.29, 1.82) is 0 Å². The maximum Gasteiger partial charge on any atom is 0.150 e. The summed E-state index contributed by atoms with van der Waals surface area (Å²) in [6.45, 7) is 1.80. The molecule has 0 N–H and O–H groups in total. The largest absolute Gasteiger partial charge is 0.298 e. The van der Waals surface area contributed by atoms with Crippen molar-refractivity contribution in [2.45, 2.75) is 16.8 Å². The molecule has 0 radical (unpaired) electrons. The van der Waals surface area contributed by atoms with Crippen molar-refractivity contribution in [2.24, 2.45) is 7.05 Å². The van der Waals surface area contributed by atoms with Crippen LogP contribution in [0.15, 0.2) is 28.1 Å². The summed E-state index contributed by atoms with van der Waals surface area (Å²) in [5, 5.41) is 4.72. The van der Waals surface area contributed by atoms with E-state index in [1.54, 1.807) is 24.7 Å². The Bertz CT molecular complexity index is 587. The van der Waals surface area contributed by atoms with Crippen LogP contribution in [-0.4, -0.2) is 16.1 Å². The van der Waals surface area contributed by atoms with Crippen LogP contribution in [0, 0.1) is 18.6 Å². The molecule has 0 aliphatic carbocycles. The first kappa shape index (κ1) is 12.8. The molecule has 94 valence electrons. The molecule has 0 aliphatic rings. The third kappa shape index (κ3) is 2.43. The molecule has 1 aromatic heterocycles. The van der Waals surface area contributed by atoms with Crippen molar-refractivity contribution in [1.82, 2.24) is 9.78 Å². The van der Waals surface area contributed by atoms with Gasteiger partial charge < -0.3 is 0 Å². The Labute approximate surface area is 107 Å². The summed E-state index contributed by atoms with van der Waals surface area (Å²) in [7, 11) is 1.70. The van der Waals surface area contributed by atoms with Gasteiger partial charge in [-0.25, -0.2) is 8.78 Å². The Morgan fingerprint density at radius 2 is 1.89 bits per heavy atom. The van der Waals surface area contributed by atoms with E-state index >= 15 is 0 Å². The standard InChI is InChI=1S/C12H10F2N2OS/c1-7-3-11(16(2)15-7)18-12-9(13)4-8(6-17)5-10(12)14/h3-6H,1-2H3. The van der Waals surface area contributed by atoms with Crippen LogP contribution < -0.4 is 0 Å². The highest BCUT2D eigenvalue weighted by Gasteiger charge is 2.14. The summed E-state index contributed by atoms with van der Waals surface area (Å²) in [6.07, 6.45) is 0.412. The van der Waals surface area contributed by atoms with Crippen molar-refractivity contribution >= 4 is 18.0 Å². The van der Waals surface area contributed by atoms with Gasteiger partial charge in [-0.05, 0) is 25.1 Å². The lowest BCUT2D eigenvalue weighted by Gasteiger charge is -2.05. The summed E-state index contributed by atoms with van der Waals surface area (Å²) in [6, 6.07) is 3.76. The van der Waals surface area contributed by atoms with E-state index in [4.69, 9.17) is 0 Å². The van der Waals surface area contributed by atoms with Crippen molar-refractivity contribution < 1.29 is 13.6 Å². The Morgan fingerprint density at radius 3 is 2.33 bits per heavy atom. The normalized spacial score (nSPS) is 10.7. The number of aryl methyl sites for hydroxylation is 2. The second-order valence-corrected chi connectivity index (χ2v) is 4.81. The molecule has 0 saturated carbocycles. The third-order valence-electron chi connectivity index (χ3n) is 2.32. The summed E-state index contributed by atoms with van der Waals surface area (Å²) in [4.78, 5) is 10.3. The Morgan fingerprint density at radius 1 is 1.28 bits per heavy atom. The van der Waals surface area contributed by atoms with Crippen LogP contribution >= 0.6 is 11.8 Å². The summed E-state index contributed by atoms with van der Waals surface area (Å²) in [5.74, 6) is -1.50. The van der Waals surface area contributed by atoms with E-state index in [0.29, 0.717) is 11.3 Å². The van der Waals surface area contributed by atoms with Crippen molar-refractivity contribution in [3.8, 4) is 0 Å². The highest BCUT2D eigenvalue weighted by atomic mass is 32.2. The number of aromatic nitrogens is 2. The molecule has 18 heavy (non-hydrogen) atoms. The van der Waals surface area contributed by atoms with E-state index in [1.807, 2.05) is 0 Å². The number of rotatable bonds is 3. The van der Waals surface area contributed by atoms with Gasteiger partial charge in [0.2, 0.25) is 0 Å². The first-order valence-corrected chi connectivity index (χ1v) is 5.95. The quantitative estimate of drug-likeness (QED) is 0.803. The van der Waals surface area contributed by atoms with Gasteiger partial charge in [-0.2, -0.15) is 5.10 Å². The average Bonchev–Trinajstić information content (AvgIpc) is 2.62. The highest BCUT2D eigenvalue weighted by Crippen LogP contribution is 2.32. The number of benzene rings is 1. The fourth-order valence-electron chi connectivity index (χ4n) is 1.53. The number of hydrogen-bond donors (Lipinski definition) is 0. The average molecular weight is 268 g/mol. The van der Waals surface area contributed by atoms with Gasteiger partial charge in [0.05, 0.1) is 15.6 Å². The van der Waals surface area contributed by atoms with E-state index in [9.17, 15) is 13.6 Å². The van der Waals surface area contributed by atoms with Gasteiger partial charge in [0.15, 0.2) is 0 Å². The van der Waals surface area contributed by atoms with E-state index in [1.165, 1.54) is 0 Å². The lowest BCUT2D eigenvalue weighted by atomic mass is 10.2. The fraction of sp³-hybridized carbons (Fsp3) is 0.167. The van der Waals surface area contributed by atoms with Crippen LogP contribution in [0.4, 0.5) is 8.78 Å². The molecule has 3 nitrogen and oxygen atoms in total. The molecule has 1 heterocycles. The maximum absolute atomic E-state index is 13.7. The van der Waals surface area contributed by atoms with E-state index in [-0.39, 0.29) is 10.5 Å². The lowest BCUT2D eigenvalue weighted by molar-refractivity contribution is 0.112. The topological polar surface area (TPSA) is 34.9 Å². The number of nitrogens with zero attached hydrogens (tertiary/aromatic N) is 2. The predicted octanol–water partition coefficient (Wildman–Crippen LogP) is 2.97. The van der Waals surface area contributed by atoms with Gasteiger partial charge in [0, 0.05) is 12.6 Å². The predicted molar refractivity (Wildman–Crippen MR) is 63.8 cm³/mol. The zero-order valence-corrected chi connectivity index (χ0v) is 10.6. The minimum absolute atomic E-state index is 0.0180. The first-order chi connectivity index (χ1) is 8.51. The summed E-state index contributed by atoms with van der Waals surface area (Å²) in [5.41, 5.74) is 0.751. The van der Waals surface area contributed by atoms with Crippen LogP contribution in [0.2, 0.25) is 0 Å². The molecular formula is C12H10F2N2OS. The first-order valence-electron chi connectivity index (χ1n) is 5.14. The number of carbonyl (C=O) groups excluding carboxylic acids is 1. The van der Waals surface area contributed by atoms with E-state index < -0.39 is 11.6 Å². The van der Waals surface area contributed by atoms with Crippen LogP contribution in [0.3, 0.4) is 0 Å². The monoisotopic (exact) mass is 268 g/mol. The molecule has 0 unspecified atom stereocenters. The molecule has 0 bridgehead atoms. The molecule has 0 fully saturated rings. The van der Waals surface area contributed by atoms with Gasteiger partial charge in [-0.1, -0.05) is 11.8 Å². The van der Waals surface area contributed by atoms with E-state index in [2.05, 4.69) is 5.10 Å². The Hall–Kier alpha value is -1.69. The third-order valence-corrected chi connectivity index (χ3v) is 3.51. The zero-order valence-electron chi connectivity index (χ0n) is 9.78. The smallest absolute Gasteiger partial charge is 0.150 e. The lowest BCUT2D eigenvalue weighted by Crippen LogP contribution is -1.95. The highest BCUT2D eigenvalue weighted by molar-refractivity contribution is 7.99. The number of halogens is 2. The second kappa shape index (κ2) is 4.89. The van der Waals surface area contributed by atoms with Gasteiger partial charge in [0.25, 0.3) is 0 Å². The minimum atomic E-state index is -0.749. The van der Waals surface area contributed by atoms with Gasteiger partial charge in [0.1, 0.15) is 17.9 Å². The molecule has 0 saturated heterocycles. The SMILES string of the molecule is Cc1cc(Sc2c(F)cc(C=O)cc2F)n(C)n1. The summed E-state index contributed by atoms with van der Waals surface area (Å²) < 4.78 is 28.9. The maximum atomic E-state index is 13.7. The molecule has 2 aromatic rings. The zero-order chi connectivity index (χ0) is 13.3. The van der Waals surface area contributed by atoms with Crippen molar-refractivity contribution in [3.05, 3.63) is 41.1 Å². The minimum Gasteiger partial charge on any atom is -0.298 e. The van der Waals surface area contributed by atoms with E-state index in [0.717, 1.165) is 29.6 Å². The molecule has 6 heteroatoms. The van der Waals surface area contributed by atoms with Crippen LogP contribution in [0.25, 0.3) is 0 Å². The van der Waals surface area contributed by atoms with Gasteiger partial charge in [-0.15, -0.1) is 0 Å². The summed E-state index contributed by atoms with van der Waals surface area (Å²) >= 11 is 0.942. The Balaban J connectivity index is 2.40. The number of aldehydes is 1. The van der Waals surface area contributed by atoms with Crippen LogP contribution in [0.1, 0.15) is 16.1 Å². The van der Waals surface area contributed by atoms with Crippen LogP contribution in [0.5, 0.6) is 0 Å². The molecule has 0 aliphatic heterocycles. The molecule has 0 atom stereocenters. The Kier molecular flexibility index (Phi) is 3.47. The van der Waals surface area contributed by atoms with Crippen molar-refractivity contribution in [2.75, 3.05) is 0 Å². The second-order valence-electron chi connectivity index (χ2n) is 3.78. The molecule has 1 aromatic carbocycles. The fourth-order valence-corrected chi connectivity index (χ4v) is 2.46. The molecule has 0 amide bonds. The molecular weight excluding hydrogens is 258 g/mol. The van der Waals surface area contributed by atoms with Gasteiger partial charge >= 0.3 is 0 Å². The molecule has 0 spiro atoms. The van der Waals surface area contributed by atoms with Crippen molar-refractivity contribution in [3.63, 3.8) is 0 Å². The van der Waals surface area contributed by atoms with Gasteiger partial charge in [-0.3, -0.25) is 9.48 Å². The van der Waals surface area contributed by atoms with Crippen LogP contribution in [-0.2, 0) is 7.05 Å². The number of carbonyl (C=O) groups is 1. The number of hydrogen-bond acceptors (Lipinski definition) is 3.